The number of rotatable bonds is 5. The molecule has 0 aromatic carbocycles. The molecule has 1 aliphatic carbocycles. The van der Waals surface area contributed by atoms with Crippen LogP contribution in [0.2, 0.25) is 0 Å². The highest BCUT2D eigenvalue weighted by molar-refractivity contribution is 7.98. The Kier molecular flexibility index (Phi) is 3.84. The second kappa shape index (κ2) is 5.99. The van der Waals surface area contributed by atoms with Crippen LogP contribution in [-0.4, -0.2) is 37.6 Å². The number of aromatic nitrogens is 5. The number of hydrogen-bond acceptors (Lipinski definition) is 6. The summed E-state index contributed by atoms with van der Waals surface area (Å²) in [5.74, 6) is 0.322. The van der Waals surface area contributed by atoms with Gasteiger partial charge in [-0.25, -0.2) is 4.79 Å². The standard InChI is InChI=1S/C15H19N5O2S/c1-22-14(21)13-11(18-20-7-3-2-4-12(13)20)8-23-15-17-16-9-19(15)10-5-6-10/h9-10H,2-8H2,1H3. The van der Waals surface area contributed by atoms with E-state index in [0.29, 0.717) is 17.4 Å². The van der Waals surface area contributed by atoms with Gasteiger partial charge in [0.2, 0.25) is 0 Å². The molecule has 7 nitrogen and oxygen atoms in total. The van der Waals surface area contributed by atoms with Crippen LogP contribution < -0.4 is 0 Å². The minimum absolute atomic E-state index is 0.285. The molecule has 0 saturated heterocycles. The number of carbonyl (C=O) groups excluding carboxylic acids is 1. The normalized spacial score (nSPS) is 17.1. The zero-order chi connectivity index (χ0) is 15.8. The highest BCUT2D eigenvalue weighted by atomic mass is 32.2. The summed E-state index contributed by atoms with van der Waals surface area (Å²) < 4.78 is 9.07. The Labute approximate surface area is 138 Å². The summed E-state index contributed by atoms with van der Waals surface area (Å²) in [6.07, 6.45) is 7.27. The molecule has 2 aromatic heterocycles. The van der Waals surface area contributed by atoms with Crippen molar-refractivity contribution in [3.05, 3.63) is 23.3 Å². The maximum Gasteiger partial charge on any atom is 0.341 e. The van der Waals surface area contributed by atoms with E-state index in [1.165, 1.54) is 20.0 Å². The van der Waals surface area contributed by atoms with Crippen molar-refractivity contribution in [2.24, 2.45) is 0 Å². The van der Waals surface area contributed by atoms with E-state index in [1.807, 2.05) is 4.68 Å². The van der Waals surface area contributed by atoms with Crippen molar-refractivity contribution >= 4 is 17.7 Å². The molecule has 3 heterocycles. The van der Waals surface area contributed by atoms with E-state index in [4.69, 9.17) is 4.74 Å². The number of nitrogens with zero attached hydrogens (tertiary/aromatic N) is 5. The summed E-state index contributed by atoms with van der Waals surface area (Å²) in [4.78, 5) is 12.2. The monoisotopic (exact) mass is 333 g/mol. The summed E-state index contributed by atoms with van der Waals surface area (Å²) in [7, 11) is 1.43. The fourth-order valence-electron chi connectivity index (χ4n) is 3.05. The van der Waals surface area contributed by atoms with E-state index in [9.17, 15) is 4.79 Å². The molecule has 0 unspecified atom stereocenters. The van der Waals surface area contributed by atoms with Crippen LogP contribution in [0.3, 0.4) is 0 Å². The van der Waals surface area contributed by atoms with E-state index in [0.717, 1.165) is 42.4 Å². The lowest BCUT2D eigenvalue weighted by molar-refractivity contribution is 0.0598. The van der Waals surface area contributed by atoms with Crippen LogP contribution in [0.15, 0.2) is 11.5 Å². The van der Waals surface area contributed by atoms with Crippen LogP contribution >= 0.6 is 11.8 Å². The van der Waals surface area contributed by atoms with E-state index in [2.05, 4.69) is 19.9 Å². The highest BCUT2D eigenvalue weighted by Crippen LogP contribution is 2.38. The molecule has 8 heteroatoms. The zero-order valence-electron chi connectivity index (χ0n) is 13.1. The van der Waals surface area contributed by atoms with Gasteiger partial charge in [-0.1, -0.05) is 11.8 Å². The molecule has 122 valence electrons. The molecule has 1 fully saturated rings. The first-order chi connectivity index (χ1) is 11.3. The summed E-state index contributed by atoms with van der Waals surface area (Å²) >= 11 is 1.59. The Balaban J connectivity index is 1.59. The van der Waals surface area contributed by atoms with Crippen molar-refractivity contribution in [1.82, 2.24) is 24.5 Å². The molecule has 0 atom stereocenters. The van der Waals surface area contributed by atoms with Gasteiger partial charge in [-0.15, -0.1) is 10.2 Å². The van der Waals surface area contributed by atoms with Gasteiger partial charge in [-0.2, -0.15) is 5.10 Å². The predicted molar refractivity (Wildman–Crippen MR) is 84.4 cm³/mol. The van der Waals surface area contributed by atoms with E-state index in [1.54, 1.807) is 18.1 Å². The third kappa shape index (κ3) is 2.75. The lowest BCUT2D eigenvalue weighted by atomic mass is 10.1. The highest BCUT2D eigenvalue weighted by Gasteiger charge is 2.28. The molecule has 23 heavy (non-hydrogen) atoms. The second-order valence-corrected chi connectivity index (χ2v) is 6.92. The summed E-state index contributed by atoms with van der Waals surface area (Å²) in [6.45, 7) is 0.877. The summed E-state index contributed by atoms with van der Waals surface area (Å²) in [5.41, 5.74) is 2.46. The number of ether oxygens (including phenoxy) is 1. The van der Waals surface area contributed by atoms with Gasteiger partial charge in [-0.05, 0) is 32.1 Å². The van der Waals surface area contributed by atoms with Gasteiger partial charge < -0.3 is 9.30 Å². The third-order valence-corrected chi connectivity index (χ3v) is 5.34. The third-order valence-electron chi connectivity index (χ3n) is 4.37. The van der Waals surface area contributed by atoms with Gasteiger partial charge in [0.05, 0.1) is 18.5 Å². The van der Waals surface area contributed by atoms with Gasteiger partial charge in [0, 0.05) is 18.3 Å². The van der Waals surface area contributed by atoms with Crippen molar-refractivity contribution in [3.63, 3.8) is 0 Å². The lowest BCUT2D eigenvalue weighted by Crippen LogP contribution is -2.14. The van der Waals surface area contributed by atoms with Crippen molar-refractivity contribution in [2.45, 2.75) is 55.6 Å². The topological polar surface area (TPSA) is 74.8 Å². The predicted octanol–water partition coefficient (Wildman–Crippen LogP) is 2.22. The Morgan fingerprint density at radius 3 is 3.09 bits per heavy atom. The first kappa shape index (κ1) is 14.7. The molecule has 4 rings (SSSR count). The maximum absolute atomic E-state index is 12.2. The minimum atomic E-state index is -0.285. The second-order valence-electron chi connectivity index (χ2n) is 5.98. The molecule has 2 aliphatic rings. The van der Waals surface area contributed by atoms with Gasteiger partial charge in [0.25, 0.3) is 0 Å². The molecule has 0 amide bonds. The Morgan fingerprint density at radius 1 is 1.43 bits per heavy atom. The van der Waals surface area contributed by atoms with Crippen LogP contribution in [0.5, 0.6) is 0 Å². The first-order valence-electron chi connectivity index (χ1n) is 7.97. The molecular formula is C15H19N5O2S. The summed E-state index contributed by atoms with van der Waals surface area (Å²) in [6, 6.07) is 0.544. The first-order valence-corrected chi connectivity index (χ1v) is 8.95. The molecule has 0 N–H and O–H groups in total. The Bertz CT molecular complexity index is 734. The molecule has 0 bridgehead atoms. The van der Waals surface area contributed by atoms with Crippen molar-refractivity contribution in [1.29, 1.82) is 0 Å². The number of hydrogen-bond donors (Lipinski definition) is 0. The van der Waals surface area contributed by atoms with Crippen LogP contribution in [0, 0.1) is 0 Å². The molecule has 0 spiro atoms. The number of fused-ring (bicyclic) bond motifs is 1. The molecule has 2 aromatic rings. The number of esters is 1. The minimum Gasteiger partial charge on any atom is -0.465 e. The van der Waals surface area contributed by atoms with Gasteiger partial charge >= 0.3 is 5.97 Å². The molecule has 1 aliphatic heterocycles. The fraction of sp³-hybridized carbons (Fsp3) is 0.600. The largest absolute Gasteiger partial charge is 0.465 e. The van der Waals surface area contributed by atoms with Gasteiger partial charge in [0.1, 0.15) is 11.9 Å². The SMILES string of the molecule is COC(=O)c1c(CSc2nncn2C2CC2)nn2c1CCCC2. The number of aryl methyl sites for hydroxylation is 1. The van der Waals surface area contributed by atoms with Gasteiger partial charge in [-0.3, -0.25) is 4.68 Å². The van der Waals surface area contributed by atoms with E-state index in [-0.39, 0.29) is 5.97 Å². The van der Waals surface area contributed by atoms with Crippen molar-refractivity contribution in [2.75, 3.05) is 7.11 Å². The van der Waals surface area contributed by atoms with E-state index >= 15 is 0 Å². The molecular weight excluding hydrogens is 314 g/mol. The average Bonchev–Trinajstić information content (AvgIpc) is 3.19. The smallest absolute Gasteiger partial charge is 0.341 e. The van der Waals surface area contributed by atoms with Crippen LogP contribution in [0.4, 0.5) is 0 Å². The molecule has 0 radical (unpaired) electrons. The zero-order valence-corrected chi connectivity index (χ0v) is 13.9. The summed E-state index contributed by atoms with van der Waals surface area (Å²) in [5, 5.41) is 13.7. The van der Waals surface area contributed by atoms with Crippen LogP contribution in [0.25, 0.3) is 0 Å². The molecule has 1 saturated carbocycles. The fourth-order valence-corrected chi connectivity index (χ4v) is 3.97. The number of methoxy groups -OCH3 is 1. The maximum atomic E-state index is 12.2. The van der Waals surface area contributed by atoms with E-state index < -0.39 is 0 Å². The lowest BCUT2D eigenvalue weighted by Gasteiger charge is -2.13. The Hall–Kier alpha value is -1.83. The quantitative estimate of drug-likeness (QED) is 0.617. The average molecular weight is 333 g/mol. The number of thioether (sulfide) groups is 1. The van der Waals surface area contributed by atoms with Gasteiger partial charge in [0.15, 0.2) is 5.16 Å². The van der Waals surface area contributed by atoms with Crippen molar-refractivity contribution in [3.8, 4) is 0 Å². The van der Waals surface area contributed by atoms with Crippen LogP contribution in [-0.2, 0) is 23.5 Å². The number of carbonyl (C=O) groups is 1. The Morgan fingerprint density at radius 2 is 2.30 bits per heavy atom. The van der Waals surface area contributed by atoms with Crippen LogP contribution in [0.1, 0.15) is 53.5 Å². The van der Waals surface area contributed by atoms with Crippen molar-refractivity contribution < 1.29 is 9.53 Å².